The van der Waals surface area contributed by atoms with Crippen molar-refractivity contribution in [3.8, 4) is 16.9 Å². The summed E-state index contributed by atoms with van der Waals surface area (Å²) < 4.78 is 5.97. The molecule has 2 N–H and O–H groups in total. The maximum atomic E-state index is 13.6. The summed E-state index contributed by atoms with van der Waals surface area (Å²) in [5.74, 6) is -0.395. The van der Waals surface area contributed by atoms with Crippen molar-refractivity contribution in [2.45, 2.75) is 58.2 Å². The number of carboxylic acids is 1. The van der Waals surface area contributed by atoms with E-state index in [0.29, 0.717) is 30.8 Å². The Kier molecular flexibility index (Phi) is 9.65. The normalized spacial score (nSPS) is 12.5. The largest absolute Gasteiger partial charge is 0.493 e. The average molecular weight is 490 g/mol. The van der Waals surface area contributed by atoms with Gasteiger partial charge in [0.25, 0.3) is 5.91 Å². The Bertz CT molecular complexity index is 1130. The molecule has 190 valence electrons. The van der Waals surface area contributed by atoms with Crippen LogP contribution in [0.3, 0.4) is 0 Å². The van der Waals surface area contributed by atoms with Gasteiger partial charge in [-0.25, -0.2) is 0 Å². The Hall–Kier alpha value is -3.64. The summed E-state index contributed by atoms with van der Waals surface area (Å²) in [5, 5.41) is 19.9. The van der Waals surface area contributed by atoms with E-state index in [9.17, 15) is 14.7 Å². The summed E-state index contributed by atoms with van der Waals surface area (Å²) in [4.78, 5) is 25.7. The van der Waals surface area contributed by atoms with Crippen molar-refractivity contribution >= 4 is 11.9 Å². The number of benzene rings is 3. The van der Waals surface area contributed by atoms with Crippen LogP contribution in [0.4, 0.5) is 0 Å². The lowest BCUT2D eigenvalue weighted by Gasteiger charge is -2.37. The van der Waals surface area contributed by atoms with Crippen LogP contribution in [0.25, 0.3) is 11.1 Å². The Labute approximate surface area is 213 Å². The number of carbonyl (C=O) groups is 2. The standard InChI is InChI=1S/C30H35NO5/c1-3-30(2,35)31(29(34)25-19-17-24(18-20-25)23-12-6-4-7-13-23)22-26-14-9-10-15-27(26)36-21-11-5-8-16-28(32)33/h4,6-7,9-10,12-15,17-20,35H,3,5,8,11,16,21-22H2,1-2H3,(H,32,33). The molecule has 1 amide bonds. The van der Waals surface area contributed by atoms with Gasteiger partial charge in [-0.1, -0.05) is 67.6 Å². The lowest BCUT2D eigenvalue weighted by atomic mass is 10.0. The number of aliphatic carboxylic acids is 1. The first-order valence-corrected chi connectivity index (χ1v) is 12.4. The predicted octanol–water partition coefficient (Wildman–Crippen LogP) is 6.14. The Balaban J connectivity index is 1.74. The van der Waals surface area contributed by atoms with E-state index in [0.717, 1.165) is 29.5 Å². The first kappa shape index (κ1) is 27.0. The number of carbonyl (C=O) groups excluding carboxylic acids is 1. The van der Waals surface area contributed by atoms with E-state index in [1.165, 1.54) is 4.90 Å². The van der Waals surface area contributed by atoms with Crippen LogP contribution in [-0.4, -0.2) is 39.3 Å². The van der Waals surface area contributed by atoms with Gasteiger partial charge in [-0.2, -0.15) is 0 Å². The second-order valence-corrected chi connectivity index (χ2v) is 9.07. The van der Waals surface area contributed by atoms with E-state index in [-0.39, 0.29) is 18.9 Å². The fourth-order valence-corrected chi connectivity index (χ4v) is 3.93. The molecule has 6 heteroatoms. The van der Waals surface area contributed by atoms with Gasteiger partial charge in [0, 0.05) is 17.5 Å². The van der Waals surface area contributed by atoms with Gasteiger partial charge in [0.15, 0.2) is 0 Å². The smallest absolute Gasteiger partial charge is 0.303 e. The van der Waals surface area contributed by atoms with Crippen molar-refractivity contribution in [2.24, 2.45) is 0 Å². The van der Waals surface area contributed by atoms with Crippen molar-refractivity contribution in [3.05, 3.63) is 90.0 Å². The highest BCUT2D eigenvalue weighted by atomic mass is 16.5. The van der Waals surface area contributed by atoms with Crippen LogP contribution in [-0.2, 0) is 11.3 Å². The summed E-state index contributed by atoms with van der Waals surface area (Å²) in [6.45, 7) is 4.14. The number of unbranched alkanes of at least 4 members (excludes halogenated alkanes) is 2. The van der Waals surface area contributed by atoms with Crippen molar-refractivity contribution in [1.29, 1.82) is 0 Å². The van der Waals surface area contributed by atoms with E-state index >= 15 is 0 Å². The lowest BCUT2D eigenvalue weighted by Crippen LogP contribution is -2.49. The number of carboxylic acid groups (broad SMARTS) is 1. The number of amides is 1. The highest BCUT2D eigenvalue weighted by Gasteiger charge is 2.32. The molecule has 0 bridgehead atoms. The zero-order valence-electron chi connectivity index (χ0n) is 21.0. The topological polar surface area (TPSA) is 87.1 Å². The van der Waals surface area contributed by atoms with Crippen molar-refractivity contribution in [3.63, 3.8) is 0 Å². The third-order valence-corrected chi connectivity index (χ3v) is 6.33. The molecule has 0 aliphatic heterocycles. The average Bonchev–Trinajstić information content (AvgIpc) is 2.90. The second-order valence-electron chi connectivity index (χ2n) is 9.07. The molecular weight excluding hydrogens is 454 g/mol. The first-order valence-electron chi connectivity index (χ1n) is 12.4. The van der Waals surface area contributed by atoms with Crippen LogP contribution in [0, 0.1) is 0 Å². The number of nitrogens with zero attached hydrogens (tertiary/aromatic N) is 1. The minimum absolute atomic E-state index is 0.159. The van der Waals surface area contributed by atoms with Crippen LogP contribution in [0.2, 0.25) is 0 Å². The quantitative estimate of drug-likeness (QED) is 0.222. The highest BCUT2D eigenvalue weighted by Crippen LogP contribution is 2.28. The van der Waals surface area contributed by atoms with Crippen LogP contribution >= 0.6 is 0 Å². The zero-order chi connectivity index (χ0) is 26.0. The second kappa shape index (κ2) is 12.9. The van der Waals surface area contributed by atoms with Crippen molar-refractivity contribution in [2.75, 3.05) is 6.61 Å². The Morgan fingerprint density at radius 2 is 1.50 bits per heavy atom. The van der Waals surface area contributed by atoms with Crippen LogP contribution < -0.4 is 4.74 Å². The van der Waals surface area contributed by atoms with Gasteiger partial charge in [0.05, 0.1) is 13.2 Å². The summed E-state index contributed by atoms with van der Waals surface area (Å²) in [6, 6.07) is 24.9. The maximum Gasteiger partial charge on any atom is 0.303 e. The van der Waals surface area contributed by atoms with E-state index < -0.39 is 11.7 Å². The van der Waals surface area contributed by atoms with E-state index in [1.54, 1.807) is 19.1 Å². The van der Waals surface area contributed by atoms with Crippen LogP contribution in [0.15, 0.2) is 78.9 Å². The van der Waals surface area contributed by atoms with Gasteiger partial charge < -0.3 is 19.8 Å². The van der Waals surface area contributed by atoms with Crippen molar-refractivity contribution < 1.29 is 24.5 Å². The summed E-state index contributed by atoms with van der Waals surface area (Å²) in [7, 11) is 0. The molecule has 0 aliphatic rings. The molecule has 1 unspecified atom stereocenters. The van der Waals surface area contributed by atoms with Gasteiger partial charge in [-0.3, -0.25) is 9.59 Å². The molecule has 1 atom stereocenters. The number of hydrogen-bond acceptors (Lipinski definition) is 4. The summed E-state index contributed by atoms with van der Waals surface area (Å²) in [6.07, 6.45) is 2.65. The molecule has 3 rings (SSSR count). The molecule has 36 heavy (non-hydrogen) atoms. The summed E-state index contributed by atoms with van der Waals surface area (Å²) in [5.41, 5.74) is 2.04. The van der Waals surface area contributed by atoms with Gasteiger partial charge in [-0.15, -0.1) is 0 Å². The first-order chi connectivity index (χ1) is 17.3. The minimum atomic E-state index is -1.35. The number of aliphatic hydroxyl groups is 1. The third-order valence-electron chi connectivity index (χ3n) is 6.33. The van der Waals surface area contributed by atoms with E-state index in [4.69, 9.17) is 9.84 Å². The zero-order valence-corrected chi connectivity index (χ0v) is 21.0. The fraction of sp³-hybridized carbons (Fsp3) is 0.333. The fourth-order valence-electron chi connectivity index (χ4n) is 3.93. The Morgan fingerprint density at radius 3 is 2.17 bits per heavy atom. The molecular formula is C30H35NO5. The number of ether oxygens (including phenoxy) is 1. The number of rotatable bonds is 13. The molecule has 6 nitrogen and oxygen atoms in total. The van der Waals surface area contributed by atoms with E-state index in [1.807, 2.05) is 73.7 Å². The molecule has 0 saturated carbocycles. The number of hydrogen-bond donors (Lipinski definition) is 2. The van der Waals surface area contributed by atoms with Crippen molar-refractivity contribution in [1.82, 2.24) is 4.90 Å². The van der Waals surface area contributed by atoms with Gasteiger partial charge >= 0.3 is 5.97 Å². The molecule has 3 aromatic rings. The lowest BCUT2D eigenvalue weighted by molar-refractivity contribution is -0.137. The predicted molar refractivity (Wildman–Crippen MR) is 141 cm³/mol. The monoisotopic (exact) mass is 489 g/mol. The highest BCUT2D eigenvalue weighted by molar-refractivity contribution is 5.95. The van der Waals surface area contributed by atoms with Gasteiger partial charge in [0.1, 0.15) is 11.5 Å². The molecule has 0 heterocycles. The molecule has 3 aromatic carbocycles. The van der Waals surface area contributed by atoms with E-state index in [2.05, 4.69) is 0 Å². The SMILES string of the molecule is CCC(C)(O)N(Cc1ccccc1OCCCCCC(=O)O)C(=O)c1ccc(-c2ccccc2)cc1. The minimum Gasteiger partial charge on any atom is -0.493 e. The molecule has 0 aliphatic carbocycles. The molecule has 0 saturated heterocycles. The number of para-hydroxylation sites is 1. The van der Waals surface area contributed by atoms with Gasteiger partial charge in [0.2, 0.25) is 0 Å². The van der Waals surface area contributed by atoms with Gasteiger partial charge in [-0.05, 0) is 61.9 Å². The van der Waals surface area contributed by atoms with Crippen LogP contribution in [0.5, 0.6) is 5.75 Å². The van der Waals surface area contributed by atoms with Crippen LogP contribution in [0.1, 0.15) is 61.9 Å². The molecule has 0 aromatic heterocycles. The molecule has 0 spiro atoms. The molecule has 0 radical (unpaired) electrons. The maximum absolute atomic E-state index is 13.6. The molecule has 0 fully saturated rings. The Morgan fingerprint density at radius 1 is 0.861 bits per heavy atom. The third kappa shape index (κ3) is 7.43. The summed E-state index contributed by atoms with van der Waals surface area (Å²) >= 11 is 0.